The summed E-state index contributed by atoms with van der Waals surface area (Å²) in [4.78, 5) is 10.3. The fraction of sp³-hybridized carbons (Fsp3) is 0.333. The molecule has 0 aromatic heterocycles. The van der Waals surface area contributed by atoms with Gasteiger partial charge in [0.25, 0.3) is 5.69 Å². The first kappa shape index (κ1) is 21.6. The fourth-order valence-corrected chi connectivity index (χ4v) is 2.39. The van der Waals surface area contributed by atoms with Crippen LogP contribution in [0, 0.1) is 10.1 Å². The van der Waals surface area contributed by atoms with Crippen LogP contribution >= 0.6 is 0 Å². The van der Waals surface area contributed by atoms with Crippen molar-refractivity contribution in [2.45, 2.75) is 25.6 Å². The summed E-state index contributed by atoms with van der Waals surface area (Å²) in [6.45, 7) is 1.79. The second kappa shape index (κ2) is 11.2. The van der Waals surface area contributed by atoms with Gasteiger partial charge in [-0.05, 0) is 41.8 Å². The average molecular weight is 387 g/mol. The molecule has 2 aromatic carbocycles. The minimum Gasteiger partial charge on any atom is -0.488 e. The molecule has 28 heavy (non-hydrogen) atoms. The van der Waals surface area contributed by atoms with Crippen LogP contribution < -0.4 is 4.74 Å². The molecule has 150 valence electrons. The molecule has 0 saturated heterocycles. The lowest BCUT2D eigenvalue weighted by atomic mass is 10.1. The summed E-state index contributed by atoms with van der Waals surface area (Å²) in [6, 6.07) is 13.9. The van der Waals surface area contributed by atoms with Gasteiger partial charge in [0.1, 0.15) is 18.0 Å². The Morgan fingerprint density at radius 1 is 0.964 bits per heavy atom. The van der Waals surface area contributed by atoms with E-state index >= 15 is 0 Å². The number of ether oxygens (including phenoxy) is 2. The minimum atomic E-state index is -0.593. The van der Waals surface area contributed by atoms with E-state index in [0.717, 1.165) is 17.5 Å². The van der Waals surface area contributed by atoms with Gasteiger partial charge in [-0.3, -0.25) is 10.1 Å². The van der Waals surface area contributed by atoms with E-state index in [2.05, 4.69) is 0 Å². The molecular formula is C21H25NO6. The van der Waals surface area contributed by atoms with Crippen LogP contribution in [-0.4, -0.2) is 47.2 Å². The van der Waals surface area contributed by atoms with Gasteiger partial charge >= 0.3 is 0 Å². The Hall–Kier alpha value is -2.74. The van der Waals surface area contributed by atoms with Gasteiger partial charge in [0.15, 0.2) is 0 Å². The Bertz CT molecular complexity index is 753. The van der Waals surface area contributed by atoms with Crippen LogP contribution in [0.3, 0.4) is 0 Å². The van der Waals surface area contributed by atoms with Crippen LogP contribution in [0.25, 0.3) is 12.2 Å². The summed E-state index contributed by atoms with van der Waals surface area (Å²) in [6.07, 6.45) is 3.75. The lowest BCUT2D eigenvalue weighted by Gasteiger charge is -2.20. The molecule has 0 amide bonds. The molecule has 0 heterocycles. The molecule has 2 N–H and O–H groups in total. The minimum absolute atomic E-state index is 0.0670. The number of hydrogen-bond acceptors (Lipinski definition) is 6. The zero-order valence-electron chi connectivity index (χ0n) is 15.7. The number of aliphatic hydroxyl groups excluding tert-OH is 2. The third kappa shape index (κ3) is 6.77. The largest absolute Gasteiger partial charge is 0.488 e. The van der Waals surface area contributed by atoms with Crippen LogP contribution in [0.2, 0.25) is 0 Å². The molecule has 0 aliphatic heterocycles. The molecule has 2 rings (SSSR count). The van der Waals surface area contributed by atoms with Crippen LogP contribution in [0.1, 0.15) is 24.5 Å². The summed E-state index contributed by atoms with van der Waals surface area (Å²) < 4.78 is 11.3. The van der Waals surface area contributed by atoms with E-state index in [1.165, 1.54) is 12.1 Å². The van der Waals surface area contributed by atoms with E-state index in [4.69, 9.17) is 19.7 Å². The average Bonchev–Trinajstić information content (AvgIpc) is 2.73. The summed E-state index contributed by atoms with van der Waals surface area (Å²) >= 11 is 0. The highest BCUT2D eigenvalue weighted by molar-refractivity contribution is 5.70. The molecule has 7 heteroatoms. The summed E-state index contributed by atoms with van der Waals surface area (Å²) in [5.41, 5.74) is 1.91. The zero-order chi connectivity index (χ0) is 20.4. The van der Waals surface area contributed by atoms with Crippen LogP contribution in [0.5, 0.6) is 5.75 Å². The number of rotatable bonds is 11. The Morgan fingerprint density at radius 2 is 1.50 bits per heavy atom. The van der Waals surface area contributed by atoms with Crippen molar-refractivity contribution in [2.75, 3.05) is 19.8 Å². The predicted octanol–water partition coefficient (Wildman–Crippen LogP) is 3.29. The van der Waals surface area contributed by atoms with E-state index < -0.39 is 11.0 Å². The molecule has 0 saturated carbocycles. The molecule has 2 aromatic rings. The number of benzene rings is 2. The highest BCUT2D eigenvalue weighted by Crippen LogP contribution is 2.18. The molecule has 0 radical (unpaired) electrons. The van der Waals surface area contributed by atoms with Crippen molar-refractivity contribution in [1.82, 2.24) is 0 Å². The van der Waals surface area contributed by atoms with Crippen LogP contribution in [0.15, 0.2) is 48.5 Å². The van der Waals surface area contributed by atoms with E-state index in [1.54, 1.807) is 12.1 Å². The molecule has 0 fully saturated rings. The maximum absolute atomic E-state index is 10.7. The molecule has 0 aliphatic carbocycles. The maximum atomic E-state index is 10.7. The number of hydrogen-bond donors (Lipinski definition) is 2. The quantitative estimate of drug-likeness (QED) is 0.348. The smallest absolute Gasteiger partial charge is 0.269 e. The van der Waals surface area contributed by atoms with Gasteiger partial charge in [-0.1, -0.05) is 31.2 Å². The van der Waals surface area contributed by atoms with Gasteiger partial charge in [0, 0.05) is 12.1 Å². The van der Waals surface area contributed by atoms with Crippen molar-refractivity contribution in [2.24, 2.45) is 0 Å². The van der Waals surface area contributed by atoms with Gasteiger partial charge in [-0.15, -0.1) is 0 Å². The summed E-state index contributed by atoms with van der Waals surface area (Å²) in [5.74, 6) is 0.701. The van der Waals surface area contributed by atoms with Crippen molar-refractivity contribution in [1.29, 1.82) is 0 Å². The molecule has 0 spiro atoms. The lowest BCUT2D eigenvalue weighted by Crippen LogP contribution is -2.29. The normalized spacial score (nSPS) is 12.4. The van der Waals surface area contributed by atoms with Crippen molar-refractivity contribution < 1.29 is 24.6 Å². The first-order valence-electron chi connectivity index (χ1n) is 9.08. The zero-order valence-corrected chi connectivity index (χ0v) is 15.7. The second-order valence-electron chi connectivity index (χ2n) is 6.22. The molecule has 1 atom stereocenters. The number of nitro groups is 1. The number of nitro benzene ring substituents is 1. The first-order valence-corrected chi connectivity index (χ1v) is 9.08. The maximum Gasteiger partial charge on any atom is 0.269 e. The van der Waals surface area contributed by atoms with Gasteiger partial charge in [0.05, 0.1) is 24.7 Å². The van der Waals surface area contributed by atoms with Gasteiger partial charge in [-0.2, -0.15) is 0 Å². The Balaban J connectivity index is 1.91. The van der Waals surface area contributed by atoms with Crippen LogP contribution in [-0.2, 0) is 4.74 Å². The molecule has 0 bridgehead atoms. The van der Waals surface area contributed by atoms with Gasteiger partial charge in [0.2, 0.25) is 0 Å². The highest BCUT2D eigenvalue weighted by atomic mass is 16.6. The van der Waals surface area contributed by atoms with E-state index in [1.807, 2.05) is 43.3 Å². The Labute approximate surface area is 164 Å². The summed E-state index contributed by atoms with van der Waals surface area (Å²) in [7, 11) is 0. The Kier molecular flexibility index (Phi) is 8.61. The van der Waals surface area contributed by atoms with Crippen molar-refractivity contribution in [3.8, 4) is 5.75 Å². The monoisotopic (exact) mass is 387 g/mol. The lowest BCUT2D eigenvalue weighted by molar-refractivity contribution is -0.384. The molecular weight excluding hydrogens is 362 g/mol. The first-order chi connectivity index (χ1) is 13.5. The van der Waals surface area contributed by atoms with Crippen LogP contribution in [0.4, 0.5) is 5.69 Å². The van der Waals surface area contributed by atoms with Gasteiger partial charge in [-0.25, -0.2) is 0 Å². The number of aliphatic hydroxyl groups is 2. The number of non-ortho nitro benzene ring substituents is 1. The molecule has 7 nitrogen and oxygen atoms in total. The van der Waals surface area contributed by atoms with E-state index in [9.17, 15) is 10.1 Å². The van der Waals surface area contributed by atoms with E-state index in [0.29, 0.717) is 5.75 Å². The SMILES string of the molecule is CCC(COC(CO)CO)Oc1ccc(/C=C/c2ccc([N+](=O)[O-])cc2)cc1. The molecule has 0 aliphatic rings. The van der Waals surface area contributed by atoms with Gasteiger partial charge < -0.3 is 19.7 Å². The van der Waals surface area contributed by atoms with Crippen molar-refractivity contribution in [3.05, 3.63) is 69.8 Å². The molecule has 1 unspecified atom stereocenters. The topological polar surface area (TPSA) is 102 Å². The second-order valence-corrected chi connectivity index (χ2v) is 6.22. The third-order valence-corrected chi connectivity index (χ3v) is 4.14. The number of nitrogens with zero attached hydrogens (tertiary/aromatic N) is 1. The van der Waals surface area contributed by atoms with Crippen molar-refractivity contribution >= 4 is 17.8 Å². The van der Waals surface area contributed by atoms with E-state index in [-0.39, 0.29) is 31.6 Å². The fourth-order valence-electron chi connectivity index (χ4n) is 2.39. The third-order valence-electron chi connectivity index (χ3n) is 4.14. The standard InChI is InChI=1S/C21H25NO6/c1-2-19(15-27-21(13-23)14-24)28-20-11-7-17(8-12-20)4-3-16-5-9-18(10-6-16)22(25)26/h3-12,19,21,23-24H,2,13-15H2,1H3/b4-3+. The predicted molar refractivity (Wildman–Crippen MR) is 107 cm³/mol. The van der Waals surface area contributed by atoms with Crippen molar-refractivity contribution in [3.63, 3.8) is 0 Å². The summed E-state index contributed by atoms with van der Waals surface area (Å²) in [5, 5.41) is 28.8. The highest BCUT2D eigenvalue weighted by Gasteiger charge is 2.13. The Morgan fingerprint density at radius 3 is 1.96 bits per heavy atom.